The van der Waals surface area contributed by atoms with E-state index in [0.717, 1.165) is 6.42 Å². The van der Waals surface area contributed by atoms with Gasteiger partial charge in [0.2, 0.25) is 5.91 Å². The van der Waals surface area contributed by atoms with Gasteiger partial charge in [-0.05, 0) is 6.42 Å². The first-order chi connectivity index (χ1) is 11.2. The lowest BCUT2D eigenvalue weighted by Gasteiger charge is -2.26. The minimum Gasteiger partial charge on any atom is -0.342 e. The molecule has 3 nitrogen and oxygen atoms in total. The summed E-state index contributed by atoms with van der Waals surface area (Å²) in [5, 5.41) is 0. The highest BCUT2D eigenvalue weighted by Gasteiger charge is 2.19. The molecule has 0 atom stereocenters. The van der Waals surface area contributed by atoms with Gasteiger partial charge in [0.1, 0.15) is 5.78 Å². The Bertz CT molecular complexity index is 318. The number of likely N-dealkylation sites (tertiary alicyclic amines) is 1. The molecule has 1 heterocycles. The monoisotopic (exact) mass is 323 g/mol. The maximum atomic E-state index is 12.0. The Balaban J connectivity index is 1.82. The van der Waals surface area contributed by atoms with Gasteiger partial charge in [0, 0.05) is 32.4 Å². The first kappa shape index (κ1) is 20.2. The van der Waals surface area contributed by atoms with Crippen LogP contribution in [0.1, 0.15) is 103 Å². The Morgan fingerprint density at radius 1 is 0.783 bits per heavy atom. The number of hydrogen-bond donors (Lipinski definition) is 0. The quantitative estimate of drug-likeness (QED) is 0.433. The molecule has 0 N–H and O–H groups in total. The van der Waals surface area contributed by atoms with E-state index in [2.05, 4.69) is 6.92 Å². The van der Waals surface area contributed by atoms with Crippen LogP contribution in [0, 0.1) is 0 Å². The number of amides is 1. The summed E-state index contributed by atoms with van der Waals surface area (Å²) in [7, 11) is 0. The SMILES string of the molecule is CCCCCCCCCCCCCCC(=O)N1CCC(=O)CC1. The summed E-state index contributed by atoms with van der Waals surface area (Å²) in [4.78, 5) is 25.0. The second kappa shape index (κ2) is 13.6. The summed E-state index contributed by atoms with van der Waals surface area (Å²) in [6.45, 7) is 3.56. The molecule has 0 unspecified atom stereocenters. The first-order valence-electron chi connectivity index (χ1n) is 10.0. The molecule has 1 saturated heterocycles. The molecule has 0 aliphatic carbocycles. The molecular weight excluding hydrogens is 286 g/mol. The number of nitrogens with zero attached hydrogens (tertiary/aromatic N) is 1. The zero-order valence-corrected chi connectivity index (χ0v) is 15.3. The van der Waals surface area contributed by atoms with Crippen molar-refractivity contribution < 1.29 is 9.59 Å². The van der Waals surface area contributed by atoms with Gasteiger partial charge in [-0.2, -0.15) is 0 Å². The Hall–Kier alpha value is -0.860. The Morgan fingerprint density at radius 3 is 1.70 bits per heavy atom. The second-order valence-corrected chi connectivity index (χ2v) is 7.06. The molecule has 0 saturated carbocycles. The van der Waals surface area contributed by atoms with Gasteiger partial charge in [0.25, 0.3) is 0 Å². The maximum absolute atomic E-state index is 12.0. The second-order valence-electron chi connectivity index (χ2n) is 7.06. The molecule has 1 rings (SSSR count). The van der Waals surface area contributed by atoms with Gasteiger partial charge in [-0.1, -0.05) is 77.6 Å². The summed E-state index contributed by atoms with van der Waals surface area (Å²) in [6, 6.07) is 0. The van der Waals surface area contributed by atoms with Crippen molar-refractivity contribution in [3.63, 3.8) is 0 Å². The molecular formula is C20H37NO2. The molecule has 0 aromatic carbocycles. The Morgan fingerprint density at radius 2 is 1.22 bits per heavy atom. The van der Waals surface area contributed by atoms with Crippen molar-refractivity contribution in [2.75, 3.05) is 13.1 Å². The fourth-order valence-corrected chi connectivity index (χ4v) is 3.28. The van der Waals surface area contributed by atoms with Crippen LogP contribution in [0.4, 0.5) is 0 Å². The largest absolute Gasteiger partial charge is 0.342 e. The first-order valence-corrected chi connectivity index (χ1v) is 10.0. The predicted molar refractivity (Wildman–Crippen MR) is 96.5 cm³/mol. The van der Waals surface area contributed by atoms with E-state index < -0.39 is 0 Å². The average molecular weight is 324 g/mol. The minimum atomic E-state index is 0.254. The third kappa shape index (κ3) is 10.5. The lowest BCUT2D eigenvalue weighted by molar-refractivity contribution is -0.134. The lowest BCUT2D eigenvalue weighted by Crippen LogP contribution is -2.38. The van der Waals surface area contributed by atoms with Crippen LogP contribution in [0.5, 0.6) is 0 Å². The third-order valence-electron chi connectivity index (χ3n) is 4.92. The van der Waals surface area contributed by atoms with Gasteiger partial charge in [-0.25, -0.2) is 0 Å². The molecule has 0 aromatic heterocycles. The summed E-state index contributed by atoms with van der Waals surface area (Å²) in [5.74, 6) is 0.559. The van der Waals surface area contributed by atoms with Crippen LogP contribution in [-0.4, -0.2) is 29.7 Å². The van der Waals surface area contributed by atoms with Gasteiger partial charge in [-0.3, -0.25) is 9.59 Å². The van der Waals surface area contributed by atoms with E-state index in [4.69, 9.17) is 0 Å². The number of hydrogen-bond acceptors (Lipinski definition) is 2. The van der Waals surface area contributed by atoms with Crippen LogP contribution in [0.3, 0.4) is 0 Å². The number of piperidine rings is 1. The van der Waals surface area contributed by atoms with Crippen molar-refractivity contribution in [1.82, 2.24) is 4.90 Å². The third-order valence-corrected chi connectivity index (χ3v) is 4.92. The fourth-order valence-electron chi connectivity index (χ4n) is 3.28. The smallest absolute Gasteiger partial charge is 0.222 e. The fraction of sp³-hybridized carbons (Fsp3) is 0.900. The van der Waals surface area contributed by atoms with E-state index in [0.29, 0.717) is 38.1 Å². The topological polar surface area (TPSA) is 37.4 Å². The molecule has 0 spiro atoms. The molecule has 1 amide bonds. The number of unbranched alkanes of at least 4 members (excludes halogenated alkanes) is 11. The predicted octanol–water partition coefficient (Wildman–Crippen LogP) is 5.27. The zero-order valence-electron chi connectivity index (χ0n) is 15.3. The summed E-state index contributed by atoms with van der Waals surface area (Å²) >= 11 is 0. The molecule has 1 fully saturated rings. The number of rotatable bonds is 13. The molecule has 23 heavy (non-hydrogen) atoms. The van der Waals surface area contributed by atoms with Gasteiger partial charge in [0.05, 0.1) is 0 Å². The van der Waals surface area contributed by atoms with Crippen molar-refractivity contribution in [3.8, 4) is 0 Å². The molecule has 0 aromatic rings. The van der Waals surface area contributed by atoms with Crippen LogP contribution in [0.2, 0.25) is 0 Å². The van der Waals surface area contributed by atoms with Gasteiger partial charge >= 0.3 is 0 Å². The van der Waals surface area contributed by atoms with Gasteiger partial charge < -0.3 is 4.90 Å². The molecule has 0 radical (unpaired) electrons. The molecule has 134 valence electrons. The molecule has 1 aliphatic rings. The zero-order chi connectivity index (χ0) is 16.8. The number of carbonyl (C=O) groups is 2. The van der Waals surface area contributed by atoms with E-state index in [1.165, 1.54) is 70.6 Å². The Kier molecular flexibility index (Phi) is 11.9. The number of ketones is 1. The molecule has 3 heteroatoms. The van der Waals surface area contributed by atoms with Crippen LogP contribution in [0.15, 0.2) is 0 Å². The maximum Gasteiger partial charge on any atom is 0.222 e. The number of carbonyl (C=O) groups excluding carboxylic acids is 2. The highest BCUT2D eigenvalue weighted by molar-refractivity contribution is 5.83. The number of Topliss-reactive ketones (excluding diaryl/α,β-unsaturated/α-hetero) is 1. The van der Waals surface area contributed by atoms with E-state index in [1.54, 1.807) is 0 Å². The Labute approximate surface area is 143 Å². The van der Waals surface area contributed by atoms with E-state index in [-0.39, 0.29) is 5.91 Å². The van der Waals surface area contributed by atoms with Crippen molar-refractivity contribution in [2.45, 2.75) is 103 Å². The summed E-state index contributed by atoms with van der Waals surface area (Å²) < 4.78 is 0. The normalized spacial score (nSPS) is 15.2. The highest BCUT2D eigenvalue weighted by Crippen LogP contribution is 2.14. The minimum absolute atomic E-state index is 0.254. The van der Waals surface area contributed by atoms with Crippen LogP contribution in [0.25, 0.3) is 0 Å². The average Bonchev–Trinajstić information content (AvgIpc) is 2.56. The lowest BCUT2D eigenvalue weighted by atomic mass is 10.0. The van der Waals surface area contributed by atoms with Crippen molar-refractivity contribution in [3.05, 3.63) is 0 Å². The van der Waals surface area contributed by atoms with E-state index in [1.807, 2.05) is 4.90 Å². The van der Waals surface area contributed by atoms with E-state index in [9.17, 15) is 9.59 Å². The molecule has 0 bridgehead atoms. The van der Waals surface area contributed by atoms with E-state index >= 15 is 0 Å². The van der Waals surface area contributed by atoms with Crippen LogP contribution >= 0.6 is 0 Å². The van der Waals surface area contributed by atoms with Gasteiger partial charge in [0.15, 0.2) is 0 Å². The van der Waals surface area contributed by atoms with Crippen molar-refractivity contribution >= 4 is 11.7 Å². The summed E-state index contributed by atoms with van der Waals surface area (Å²) in [5.41, 5.74) is 0. The van der Waals surface area contributed by atoms with Crippen molar-refractivity contribution in [1.29, 1.82) is 0 Å². The van der Waals surface area contributed by atoms with Gasteiger partial charge in [-0.15, -0.1) is 0 Å². The van der Waals surface area contributed by atoms with Crippen LogP contribution < -0.4 is 0 Å². The van der Waals surface area contributed by atoms with Crippen LogP contribution in [-0.2, 0) is 9.59 Å². The molecule has 1 aliphatic heterocycles. The van der Waals surface area contributed by atoms with Crippen molar-refractivity contribution in [2.24, 2.45) is 0 Å². The summed E-state index contributed by atoms with van der Waals surface area (Å²) in [6.07, 6.45) is 17.7. The standard InChI is InChI=1S/C20H37NO2/c1-2-3-4-5-6-7-8-9-10-11-12-13-14-20(23)21-17-15-19(22)16-18-21/h2-18H2,1H3. The highest BCUT2D eigenvalue weighted by atomic mass is 16.2.